The lowest BCUT2D eigenvalue weighted by atomic mass is 9.78. The highest BCUT2D eigenvalue weighted by atomic mass is 16.6. The Kier molecular flexibility index (Phi) is 3.46. The number of aromatic nitrogens is 1. The molecule has 1 aromatic heterocycles. The summed E-state index contributed by atoms with van der Waals surface area (Å²) in [6.07, 6.45) is 8.25. The van der Waals surface area contributed by atoms with Crippen molar-refractivity contribution in [1.29, 1.82) is 0 Å². The van der Waals surface area contributed by atoms with Gasteiger partial charge < -0.3 is 9.88 Å². The highest BCUT2D eigenvalue weighted by molar-refractivity contribution is 5.93. The predicted octanol–water partition coefficient (Wildman–Crippen LogP) is 2.72. The number of nitro groups is 1. The lowest BCUT2D eigenvalue weighted by Gasteiger charge is -2.44. The number of H-pyrrole nitrogens is 1. The first-order valence-corrected chi connectivity index (χ1v) is 7.30. The molecular formula is C14H19N3O3. The van der Waals surface area contributed by atoms with Crippen molar-refractivity contribution in [2.75, 3.05) is 6.54 Å². The largest absolute Gasteiger partial charge is 0.351 e. The molecule has 2 atom stereocenters. The summed E-state index contributed by atoms with van der Waals surface area (Å²) in [6.45, 7) is 0.771. The average Bonchev–Trinajstić information content (AvgIpc) is 2.96. The minimum absolute atomic E-state index is 0.0504. The molecule has 1 aliphatic heterocycles. The van der Waals surface area contributed by atoms with Crippen LogP contribution in [0.3, 0.4) is 0 Å². The van der Waals surface area contributed by atoms with Gasteiger partial charge >= 0.3 is 0 Å². The summed E-state index contributed by atoms with van der Waals surface area (Å²) in [5.74, 6) is 0.529. The third kappa shape index (κ3) is 2.30. The molecule has 1 N–H and O–H groups in total. The fourth-order valence-corrected chi connectivity index (χ4v) is 3.64. The Morgan fingerprint density at radius 3 is 2.80 bits per heavy atom. The average molecular weight is 277 g/mol. The van der Waals surface area contributed by atoms with Gasteiger partial charge in [-0.2, -0.15) is 0 Å². The van der Waals surface area contributed by atoms with E-state index in [-0.39, 0.29) is 11.6 Å². The zero-order valence-electron chi connectivity index (χ0n) is 11.4. The van der Waals surface area contributed by atoms with Gasteiger partial charge in [-0.1, -0.05) is 12.8 Å². The van der Waals surface area contributed by atoms with Gasteiger partial charge in [-0.05, 0) is 31.6 Å². The molecule has 2 heterocycles. The van der Waals surface area contributed by atoms with Gasteiger partial charge in [0.15, 0.2) is 0 Å². The molecule has 1 amide bonds. The molecule has 0 radical (unpaired) electrons. The maximum absolute atomic E-state index is 12.6. The Morgan fingerprint density at radius 1 is 1.30 bits per heavy atom. The normalized spacial score (nSPS) is 26.1. The Bertz CT molecular complexity index is 523. The van der Waals surface area contributed by atoms with Crippen LogP contribution in [0.25, 0.3) is 0 Å². The van der Waals surface area contributed by atoms with Gasteiger partial charge in [-0.25, -0.2) is 0 Å². The predicted molar refractivity (Wildman–Crippen MR) is 73.5 cm³/mol. The lowest BCUT2D eigenvalue weighted by Crippen LogP contribution is -2.49. The van der Waals surface area contributed by atoms with Crippen LogP contribution >= 0.6 is 0 Å². The number of aromatic amines is 1. The second-order valence-electron chi connectivity index (χ2n) is 5.78. The number of carbonyl (C=O) groups excluding carboxylic acids is 1. The van der Waals surface area contributed by atoms with E-state index in [4.69, 9.17) is 0 Å². The molecule has 2 fully saturated rings. The summed E-state index contributed by atoms with van der Waals surface area (Å²) in [5.41, 5.74) is 0.286. The summed E-state index contributed by atoms with van der Waals surface area (Å²) < 4.78 is 0. The van der Waals surface area contributed by atoms with E-state index < -0.39 is 4.92 Å². The Hall–Kier alpha value is -1.85. The lowest BCUT2D eigenvalue weighted by molar-refractivity contribution is -0.384. The van der Waals surface area contributed by atoms with Crippen molar-refractivity contribution in [2.24, 2.45) is 5.92 Å². The number of piperidine rings is 1. The monoisotopic (exact) mass is 277 g/mol. The number of fused-ring (bicyclic) bond motifs is 1. The van der Waals surface area contributed by atoms with Crippen LogP contribution in [-0.4, -0.2) is 33.3 Å². The molecule has 1 saturated heterocycles. The second kappa shape index (κ2) is 5.26. The van der Waals surface area contributed by atoms with Crippen molar-refractivity contribution in [2.45, 2.75) is 44.6 Å². The molecular weight excluding hydrogens is 258 g/mol. The van der Waals surface area contributed by atoms with Crippen molar-refractivity contribution in [3.05, 3.63) is 28.1 Å². The number of hydrogen-bond donors (Lipinski definition) is 1. The smallest absolute Gasteiger partial charge is 0.287 e. The molecule has 108 valence electrons. The summed E-state index contributed by atoms with van der Waals surface area (Å²) in [5, 5.41) is 10.7. The molecule has 0 spiro atoms. The van der Waals surface area contributed by atoms with E-state index in [0.29, 0.717) is 17.7 Å². The summed E-state index contributed by atoms with van der Waals surface area (Å²) in [7, 11) is 0. The summed E-state index contributed by atoms with van der Waals surface area (Å²) >= 11 is 0. The second-order valence-corrected chi connectivity index (χ2v) is 5.78. The van der Waals surface area contributed by atoms with Crippen molar-refractivity contribution >= 4 is 11.6 Å². The van der Waals surface area contributed by atoms with Gasteiger partial charge in [0.2, 0.25) is 0 Å². The Balaban J connectivity index is 1.79. The minimum Gasteiger partial charge on any atom is -0.351 e. The van der Waals surface area contributed by atoms with E-state index in [1.165, 1.54) is 37.9 Å². The van der Waals surface area contributed by atoms with E-state index in [9.17, 15) is 14.9 Å². The van der Waals surface area contributed by atoms with E-state index >= 15 is 0 Å². The van der Waals surface area contributed by atoms with Crippen molar-refractivity contribution < 1.29 is 9.72 Å². The van der Waals surface area contributed by atoms with Crippen molar-refractivity contribution in [1.82, 2.24) is 9.88 Å². The Morgan fingerprint density at radius 2 is 2.05 bits per heavy atom. The SMILES string of the molecule is O=C(c1cc([N+](=O)[O-])c[nH]1)N1CCC[C@H]2CCCC[C@@H]21. The molecule has 3 rings (SSSR count). The molecule has 0 bridgehead atoms. The van der Waals surface area contributed by atoms with Gasteiger partial charge in [-0.15, -0.1) is 0 Å². The molecule has 2 aliphatic rings. The van der Waals surface area contributed by atoms with Crippen molar-refractivity contribution in [3.8, 4) is 0 Å². The zero-order valence-corrected chi connectivity index (χ0v) is 11.4. The molecule has 6 heteroatoms. The minimum atomic E-state index is -0.479. The number of hydrogen-bond acceptors (Lipinski definition) is 3. The maximum atomic E-state index is 12.6. The van der Waals surface area contributed by atoms with Gasteiger partial charge in [0.25, 0.3) is 11.6 Å². The third-order valence-corrected chi connectivity index (χ3v) is 4.61. The van der Waals surface area contributed by atoms with E-state index in [2.05, 4.69) is 4.98 Å². The molecule has 0 aromatic carbocycles. The quantitative estimate of drug-likeness (QED) is 0.666. The van der Waals surface area contributed by atoms with Crippen LogP contribution in [0.4, 0.5) is 5.69 Å². The fourth-order valence-electron chi connectivity index (χ4n) is 3.64. The highest BCUT2D eigenvalue weighted by Crippen LogP contribution is 2.36. The van der Waals surface area contributed by atoms with E-state index in [0.717, 1.165) is 19.4 Å². The first-order chi connectivity index (χ1) is 9.66. The van der Waals surface area contributed by atoms with Gasteiger partial charge in [0, 0.05) is 18.7 Å². The number of likely N-dealkylation sites (tertiary alicyclic amines) is 1. The zero-order chi connectivity index (χ0) is 14.1. The van der Waals surface area contributed by atoms with Crippen molar-refractivity contribution in [3.63, 3.8) is 0 Å². The first kappa shape index (κ1) is 13.1. The Labute approximate surface area is 117 Å². The number of nitrogens with zero attached hydrogens (tertiary/aromatic N) is 2. The molecule has 6 nitrogen and oxygen atoms in total. The molecule has 1 aliphatic carbocycles. The number of nitrogens with one attached hydrogen (secondary N) is 1. The number of rotatable bonds is 2. The van der Waals surface area contributed by atoms with Crippen LogP contribution in [-0.2, 0) is 0 Å². The first-order valence-electron chi connectivity index (χ1n) is 7.30. The van der Waals surface area contributed by atoms with Crippen LogP contribution < -0.4 is 0 Å². The van der Waals surface area contributed by atoms with Crippen LogP contribution in [0, 0.1) is 16.0 Å². The topological polar surface area (TPSA) is 79.2 Å². The summed E-state index contributed by atoms with van der Waals surface area (Å²) in [4.78, 5) is 27.5. The molecule has 1 aromatic rings. The fraction of sp³-hybridized carbons (Fsp3) is 0.643. The third-order valence-electron chi connectivity index (χ3n) is 4.61. The summed E-state index contributed by atoms with van der Waals surface area (Å²) in [6, 6.07) is 1.67. The van der Waals surface area contributed by atoms with Gasteiger partial charge in [0.1, 0.15) is 5.69 Å². The number of amides is 1. The van der Waals surface area contributed by atoms with Crippen LogP contribution in [0.2, 0.25) is 0 Å². The van der Waals surface area contributed by atoms with E-state index in [1.54, 1.807) is 0 Å². The van der Waals surface area contributed by atoms with Crippen LogP contribution in [0.5, 0.6) is 0 Å². The standard InChI is InChI=1S/C14H19N3O3/c18-14(12-8-11(9-15-12)17(19)20)16-7-3-5-10-4-1-2-6-13(10)16/h8-10,13,15H,1-7H2/t10-,13+/m1/s1. The van der Waals surface area contributed by atoms with E-state index in [1.807, 2.05) is 4.90 Å². The number of carbonyl (C=O) groups is 1. The van der Waals surface area contributed by atoms with Crippen LogP contribution in [0.1, 0.15) is 49.0 Å². The molecule has 20 heavy (non-hydrogen) atoms. The maximum Gasteiger partial charge on any atom is 0.287 e. The molecule has 1 saturated carbocycles. The van der Waals surface area contributed by atoms with Gasteiger partial charge in [-0.3, -0.25) is 14.9 Å². The molecule has 0 unspecified atom stereocenters. The highest BCUT2D eigenvalue weighted by Gasteiger charge is 2.36. The van der Waals surface area contributed by atoms with Crippen LogP contribution in [0.15, 0.2) is 12.3 Å². The van der Waals surface area contributed by atoms with Gasteiger partial charge in [0.05, 0.1) is 11.1 Å².